The quantitative estimate of drug-likeness (QED) is 0.457. The van der Waals surface area contributed by atoms with Gasteiger partial charge in [-0.15, -0.1) is 0 Å². The van der Waals surface area contributed by atoms with Crippen LogP contribution in [0.1, 0.15) is 21.5 Å². The van der Waals surface area contributed by atoms with Gasteiger partial charge in [-0.2, -0.15) is 5.26 Å². The predicted molar refractivity (Wildman–Crippen MR) is 151 cm³/mol. The van der Waals surface area contributed by atoms with E-state index in [1.54, 1.807) is 55.6 Å². The van der Waals surface area contributed by atoms with Gasteiger partial charge in [0.25, 0.3) is 5.91 Å². The summed E-state index contributed by atoms with van der Waals surface area (Å²) in [5, 5.41) is 12.6. The summed E-state index contributed by atoms with van der Waals surface area (Å²) in [4.78, 5) is 56.5. The first-order valence-corrected chi connectivity index (χ1v) is 13.1. The molecule has 40 heavy (non-hydrogen) atoms. The van der Waals surface area contributed by atoms with Crippen molar-refractivity contribution in [3.63, 3.8) is 0 Å². The molecule has 3 aromatic rings. The average molecular weight is 558 g/mol. The average Bonchev–Trinajstić information content (AvgIpc) is 2.97. The van der Waals surface area contributed by atoms with E-state index in [1.807, 2.05) is 36.4 Å². The lowest BCUT2D eigenvalue weighted by molar-refractivity contribution is -0.139. The number of piperazine rings is 1. The van der Waals surface area contributed by atoms with Gasteiger partial charge in [-0.3, -0.25) is 19.2 Å². The molecule has 1 aliphatic heterocycles. The van der Waals surface area contributed by atoms with Crippen molar-refractivity contribution < 1.29 is 19.2 Å². The summed E-state index contributed by atoms with van der Waals surface area (Å²) in [6.07, 6.45) is 0.262. The second kappa shape index (κ2) is 12.9. The third-order valence-corrected chi connectivity index (χ3v) is 6.93. The fraction of sp³-hybridized carbons (Fsp3) is 0.233. The van der Waals surface area contributed by atoms with Gasteiger partial charge in [0.1, 0.15) is 12.6 Å². The summed E-state index contributed by atoms with van der Waals surface area (Å²) in [7, 11) is 1.62. The Morgan fingerprint density at radius 3 is 2.35 bits per heavy atom. The number of carbonyl (C=O) groups excluding carboxylic acids is 4. The van der Waals surface area contributed by atoms with Gasteiger partial charge in [0.2, 0.25) is 17.7 Å². The van der Waals surface area contributed by atoms with E-state index in [0.29, 0.717) is 10.7 Å². The Labute approximate surface area is 237 Å². The molecule has 3 aromatic carbocycles. The zero-order valence-corrected chi connectivity index (χ0v) is 22.7. The molecule has 4 amide bonds. The van der Waals surface area contributed by atoms with Crippen molar-refractivity contribution >= 4 is 40.9 Å². The SMILES string of the molecule is CN(C(=O)[C@H](Cc1ccccc1)NC(=O)CN1CCN(C(=O)c2ccccc2C#N)CC1=O)c1ccc(Cl)cc1. The maximum Gasteiger partial charge on any atom is 0.255 e. The molecular weight excluding hydrogens is 530 g/mol. The van der Waals surface area contributed by atoms with Gasteiger partial charge in [0.05, 0.1) is 23.7 Å². The number of amides is 4. The number of nitriles is 1. The summed E-state index contributed by atoms with van der Waals surface area (Å²) < 4.78 is 0. The maximum atomic E-state index is 13.5. The normalized spacial score (nSPS) is 13.8. The molecule has 1 saturated heterocycles. The van der Waals surface area contributed by atoms with Gasteiger partial charge in [-0.1, -0.05) is 54.1 Å². The van der Waals surface area contributed by atoms with E-state index in [2.05, 4.69) is 5.32 Å². The van der Waals surface area contributed by atoms with Crippen molar-refractivity contribution in [3.05, 3.63) is 101 Å². The van der Waals surface area contributed by atoms with E-state index in [4.69, 9.17) is 11.6 Å². The minimum Gasteiger partial charge on any atom is -0.342 e. The molecule has 0 bridgehead atoms. The topological polar surface area (TPSA) is 114 Å². The van der Waals surface area contributed by atoms with Crippen molar-refractivity contribution in [2.24, 2.45) is 0 Å². The van der Waals surface area contributed by atoms with Crippen LogP contribution in [0.4, 0.5) is 5.69 Å². The van der Waals surface area contributed by atoms with Crippen molar-refractivity contribution in [1.82, 2.24) is 15.1 Å². The van der Waals surface area contributed by atoms with Crippen LogP contribution in [0.5, 0.6) is 0 Å². The molecule has 10 heteroatoms. The number of nitrogens with one attached hydrogen (secondary N) is 1. The third kappa shape index (κ3) is 6.84. The highest BCUT2D eigenvalue weighted by Gasteiger charge is 2.31. The van der Waals surface area contributed by atoms with E-state index in [-0.39, 0.29) is 49.6 Å². The molecule has 204 valence electrons. The second-order valence-corrected chi connectivity index (χ2v) is 9.82. The van der Waals surface area contributed by atoms with Gasteiger partial charge >= 0.3 is 0 Å². The molecule has 0 aliphatic carbocycles. The van der Waals surface area contributed by atoms with E-state index in [1.165, 1.54) is 14.7 Å². The van der Waals surface area contributed by atoms with Crippen LogP contribution in [0.25, 0.3) is 0 Å². The first-order valence-electron chi connectivity index (χ1n) is 12.7. The molecule has 1 fully saturated rings. The lowest BCUT2D eigenvalue weighted by Gasteiger charge is -2.34. The summed E-state index contributed by atoms with van der Waals surface area (Å²) in [6, 6.07) is 23.7. The second-order valence-electron chi connectivity index (χ2n) is 9.38. The van der Waals surface area contributed by atoms with E-state index in [9.17, 15) is 24.4 Å². The van der Waals surface area contributed by atoms with E-state index in [0.717, 1.165) is 5.56 Å². The van der Waals surface area contributed by atoms with Crippen LogP contribution in [0.15, 0.2) is 78.9 Å². The van der Waals surface area contributed by atoms with Gasteiger partial charge in [-0.05, 0) is 42.0 Å². The number of hydrogen-bond acceptors (Lipinski definition) is 5. The Balaban J connectivity index is 1.41. The first-order chi connectivity index (χ1) is 19.3. The van der Waals surface area contributed by atoms with Gasteiger partial charge in [0, 0.05) is 37.3 Å². The van der Waals surface area contributed by atoms with Gasteiger partial charge in [0.15, 0.2) is 0 Å². The van der Waals surface area contributed by atoms with Crippen LogP contribution in [-0.2, 0) is 20.8 Å². The molecule has 0 saturated carbocycles. The summed E-state index contributed by atoms with van der Waals surface area (Å²) in [6.45, 7) is -0.103. The molecule has 1 atom stereocenters. The highest BCUT2D eigenvalue weighted by Crippen LogP contribution is 2.19. The lowest BCUT2D eigenvalue weighted by Crippen LogP contribution is -2.56. The number of hydrogen-bond donors (Lipinski definition) is 1. The van der Waals surface area contributed by atoms with Crippen molar-refractivity contribution in [1.29, 1.82) is 5.26 Å². The summed E-state index contributed by atoms with van der Waals surface area (Å²) in [5.41, 5.74) is 1.96. The van der Waals surface area contributed by atoms with Crippen molar-refractivity contribution in [2.45, 2.75) is 12.5 Å². The maximum absolute atomic E-state index is 13.5. The number of carbonyl (C=O) groups is 4. The van der Waals surface area contributed by atoms with Gasteiger partial charge < -0.3 is 20.0 Å². The highest BCUT2D eigenvalue weighted by molar-refractivity contribution is 6.30. The summed E-state index contributed by atoms with van der Waals surface area (Å²) in [5.74, 6) is -1.61. The Morgan fingerprint density at radius 2 is 1.68 bits per heavy atom. The van der Waals surface area contributed by atoms with Crippen LogP contribution in [-0.4, -0.2) is 72.7 Å². The fourth-order valence-corrected chi connectivity index (χ4v) is 4.60. The number of likely N-dealkylation sites (N-methyl/N-ethyl adjacent to an activating group) is 1. The molecule has 0 radical (unpaired) electrons. The van der Waals surface area contributed by atoms with Crippen LogP contribution in [0.3, 0.4) is 0 Å². The predicted octanol–water partition coefficient (Wildman–Crippen LogP) is 2.89. The van der Waals surface area contributed by atoms with E-state index >= 15 is 0 Å². The number of anilines is 1. The molecule has 1 N–H and O–H groups in total. The van der Waals surface area contributed by atoms with Crippen LogP contribution in [0, 0.1) is 11.3 Å². The zero-order chi connectivity index (χ0) is 28.6. The van der Waals surface area contributed by atoms with Crippen LogP contribution >= 0.6 is 11.6 Å². The fourth-order valence-electron chi connectivity index (χ4n) is 4.48. The number of nitrogens with zero attached hydrogens (tertiary/aromatic N) is 4. The minimum atomic E-state index is -0.879. The molecule has 9 nitrogen and oxygen atoms in total. The van der Waals surface area contributed by atoms with Crippen LogP contribution in [0.2, 0.25) is 5.02 Å². The number of rotatable bonds is 8. The summed E-state index contributed by atoms with van der Waals surface area (Å²) >= 11 is 5.98. The van der Waals surface area contributed by atoms with Crippen molar-refractivity contribution in [2.75, 3.05) is 38.1 Å². The molecule has 4 rings (SSSR count). The molecule has 1 heterocycles. The van der Waals surface area contributed by atoms with Crippen LogP contribution < -0.4 is 10.2 Å². The highest BCUT2D eigenvalue weighted by atomic mass is 35.5. The monoisotopic (exact) mass is 557 g/mol. The number of halogens is 1. The minimum absolute atomic E-state index is 0.148. The number of benzene rings is 3. The Morgan fingerprint density at radius 1 is 1.00 bits per heavy atom. The molecule has 1 aliphatic rings. The van der Waals surface area contributed by atoms with Gasteiger partial charge in [-0.25, -0.2) is 0 Å². The first kappa shape index (κ1) is 28.3. The van der Waals surface area contributed by atoms with E-state index < -0.39 is 23.8 Å². The largest absolute Gasteiger partial charge is 0.342 e. The molecular formula is C30H28ClN5O4. The van der Waals surface area contributed by atoms with Crippen molar-refractivity contribution in [3.8, 4) is 6.07 Å². The molecule has 0 unspecified atom stereocenters. The Kier molecular flexibility index (Phi) is 9.15. The molecule has 0 aromatic heterocycles. The molecule has 0 spiro atoms. The zero-order valence-electron chi connectivity index (χ0n) is 21.9. The Bertz CT molecular complexity index is 1440. The lowest BCUT2D eigenvalue weighted by atomic mass is 10.0. The third-order valence-electron chi connectivity index (χ3n) is 6.68. The smallest absolute Gasteiger partial charge is 0.255 e. The standard InChI is InChI=1S/C30H28ClN5O4/c1-34(24-13-11-23(31)12-14-24)30(40)26(17-21-7-3-2-4-8-21)33-27(37)19-35-15-16-36(20-28(35)38)29(39)25-10-6-5-9-22(25)18-32/h2-14,26H,15-17,19-20H2,1H3,(H,33,37)/t26-/m0/s1. The Hall–Kier alpha value is -4.68.